The van der Waals surface area contributed by atoms with Crippen molar-refractivity contribution in [1.82, 2.24) is 4.90 Å². The van der Waals surface area contributed by atoms with Crippen LogP contribution < -0.4 is 0 Å². The van der Waals surface area contributed by atoms with Crippen LogP contribution in [0, 0.1) is 5.82 Å². The molecule has 1 aliphatic heterocycles. The molecule has 0 saturated heterocycles. The van der Waals surface area contributed by atoms with Crippen LogP contribution in [0.1, 0.15) is 19.1 Å². The van der Waals surface area contributed by atoms with Gasteiger partial charge in [-0.3, -0.25) is 9.59 Å². The maximum Gasteiger partial charge on any atom is 0.234 e. The van der Waals surface area contributed by atoms with Gasteiger partial charge in [0.2, 0.25) is 5.91 Å². The molecule has 0 unspecified atom stereocenters. The van der Waals surface area contributed by atoms with Crippen molar-refractivity contribution in [3.05, 3.63) is 59.7 Å². The Balaban J connectivity index is 1.82. The number of rotatable bonds is 3. The van der Waals surface area contributed by atoms with E-state index in [4.69, 9.17) is 4.42 Å². The Kier molecular flexibility index (Phi) is 3.63. The van der Waals surface area contributed by atoms with E-state index in [0.717, 1.165) is 0 Å². The molecule has 0 saturated carbocycles. The van der Waals surface area contributed by atoms with E-state index < -0.39 is 0 Å². The fraction of sp³-hybridized carbons (Fsp3) is 0.176. The van der Waals surface area contributed by atoms with Gasteiger partial charge in [0, 0.05) is 11.8 Å². The fourth-order valence-electron chi connectivity index (χ4n) is 2.33. The first-order valence-corrected chi connectivity index (χ1v) is 6.89. The quantitative estimate of drug-likeness (QED) is 0.817. The summed E-state index contributed by atoms with van der Waals surface area (Å²) >= 11 is 0. The number of ketones is 1. The van der Waals surface area contributed by atoms with Crippen LogP contribution in [0.2, 0.25) is 0 Å². The highest BCUT2D eigenvalue weighted by Gasteiger charge is 2.24. The van der Waals surface area contributed by atoms with Gasteiger partial charge in [-0.15, -0.1) is 0 Å². The standard InChI is InChI=1S/C17H14FNO3/c1-11-9-19(17(21)8-15(11)20)10-12-6-7-16(22-12)13-4-2-3-5-14(13)18/h2-7,9H,8,10H2,1H3. The number of furan rings is 1. The van der Waals surface area contributed by atoms with Gasteiger partial charge < -0.3 is 9.32 Å². The van der Waals surface area contributed by atoms with Crippen LogP contribution in [0.3, 0.4) is 0 Å². The molecule has 0 aliphatic carbocycles. The summed E-state index contributed by atoms with van der Waals surface area (Å²) in [6, 6.07) is 9.71. The number of benzene rings is 1. The van der Waals surface area contributed by atoms with Crippen molar-refractivity contribution in [3.8, 4) is 11.3 Å². The summed E-state index contributed by atoms with van der Waals surface area (Å²) in [5.41, 5.74) is 0.918. The third-order valence-corrected chi connectivity index (χ3v) is 3.55. The lowest BCUT2D eigenvalue weighted by Gasteiger charge is -2.22. The second kappa shape index (κ2) is 5.60. The highest BCUT2D eigenvalue weighted by Crippen LogP contribution is 2.26. The maximum absolute atomic E-state index is 13.7. The molecule has 0 spiro atoms. The minimum atomic E-state index is -0.362. The van der Waals surface area contributed by atoms with Crippen molar-refractivity contribution >= 4 is 11.7 Å². The van der Waals surface area contributed by atoms with E-state index in [1.54, 1.807) is 37.3 Å². The molecule has 2 heterocycles. The highest BCUT2D eigenvalue weighted by molar-refractivity contribution is 6.09. The summed E-state index contributed by atoms with van der Waals surface area (Å²) in [5, 5.41) is 0. The van der Waals surface area contributed by atoms with Crippen molar-refractivity contribution in [2.75, 3.05) is 0 Å². The van der Waals surface area contributed by atoms with E-state index in [1.165, 1.54) is 17.2 Å². The number of nitrogens with zero attached hydrogens (tertiary/aromatic N) is 1. The predicted molar refractivity (Wildman–Crippen MR) is 78.0 cm³/mol. The Hall–Kier alpha value is -2.69. The van der Waals surface area contributed by atoms with Crippen LogP contribution in [0.15, 0.2) is 52.6 Å². The normalized spacial score (nSPS) is 15.2. The predicted octanol–water partition coefficient (Wildman–Crippen LogP) is 3.29. The Labute approximate surface area is 126 Å². The van der Waals surface area contributed by atoms with Crippen LogP contribution in [0.5, 0.6) is 0 Å². The minimum absolute atomic E-state index is 0.122. The molecule has 1 aromatic heterocycles. The zero-order chi connectivity index (χ0) is 15.7. The molecule has 0 bridgehead atoms. The third-order valence-electron chi connectivity index (χ3n) is 3.55. The van der Waals surface area contributed by atoms with Gasteiger partial charge in [-0.25, -0.2) is 4.39 Å². The number of hydrogen-bond acceptors (Lipinski definition) is 3. The van der Waals surface area contributed by atoms with Gasteiger partial charge in [0.05, 0.1) is 18.5 Å². The largest absolute Gasteiger partial charge is 0.459 e. The van der Waals surface area contributed by atoms with Crippen molar-refractivity contribution in [2.45, 2.75) is 19.9 Å². The number of hydrogen-bond donors (Lipinski definition) is 0. The van der Waals surface area contributed by atoms with Gasteiger partial charge in [-0.1, -0.05) is 12.1 Å². The summed E-state index contributed by atoms with van der Waals surface area (Å²) in [6.07, 6.45) is 1.41. The molecule has 0 N–H and O–H groups in total. The molecule has 1 aliphatic rings. The van der Waals surface area contributed by atoms with Crippen molar-refractivity contribution in [2.24, 2.45) is 0 Å². The molecule has 1 amide bonds. The summed E-state index contributed by atoms with van der Waals surface area (Å²) in [7, 11) is 0. The molecule has 112 valence electrons. The number of halogens is 1. The molecule has 0 fully saturated rings. The number of allylic oxidation sites excluding steroid dienone is 1. The number of Topliss-reactive ketones (excluding diaryl/α,β-unsaturated/α-hetero) is 1. The van der Waals surface area contributed by atoms with Crippen LogP contribution >= 0.6 is 0 Å². The first kappa shape index (κ1) is 14.3. The second-order valence-corrected chi connectivity index (χ2v) is 5.18. The molecular formula is C17H14FNO3. The van der Waals surface area contributed by atoms with Gasteiger partial charge in [-0.05, 0) is 31.2 Å². The third kappa shape index (κ3) is 2.70. The molecule has 22 heavy (non-hydrogen) atoms. The monoisotopic (exact) mass is 299 g/mol. The first-order chi connectivity index (χ1) is 10.5. The van der Waals surface area contributed by atoms with Crippen molar-refractivity contribution in [1.29, 1.82) is 0 Å². The molecule has 1 aromatic carbocycles. The van der Waals surface area contributed by atoms with Gasteiger partial charge >= 0.3 is 0 Å². The van der Waals surface area contributed by atoms with Gasteiger partial charge in [0.1, 0.15) is 17.3 Å². The Morgan fingerprint density at radius 2 is 1.95 bits per heavy atom. The second-order valence-electron chi connectivity index (χ2n) is 5.18. The zero-order valence-electron chi connectivity index (χ0n) is 12.0. The Morgan fingerprint density at radius 1 is 1.18 bits per heavy atom. The molecule has 0 radical (unpaired) electrons. The molecule has 4 nitrogen and oxygen atoms in total. The van der Waals surface area contributed by atoms with E-state index in [1.807, 2.05) is 0 Å². The molecule has 5 heteroatoms. The maximum atomic E-state index is 13.7. The lowest BCUT2D eigenvalue weighted by molar-refractivity contribution is -0.134. The van der Waals surface area contributed by atoms with E-state index in [0.29, 0.717) is 22.7 Å². The zero-order valence-corrected chi connectivity index (χ0v) is 12.0. The highest BCUT2D eigenvalue weighted by atomic mass is 19.1. The molecule has 2 aromatic rings. The van der Waals surface area contributed by atoms with E-state index in [-0.39, 0.29) is 30.5 Å². The lowest BCUT2D eigenvalue weighted by Crippen LogP contribution is -2.32. The van der Waals surface area contributed by atoms with Gasteiger partial charge in [0.15, 0.2) is 5.78 Å². The van der Waals surface area contributed by atoms with E-state index in [2.05, 4.69) is 0 Å². The van der Waals surface area contributed by atoms with Crippen molar-refractivity contribution < 1.29 is 18.4 Å². The van der Waals surface area contributed by atoms with Crippen LogP contribution in [0.4, 0.5) is 4.39 Å². The average molecular weight is 299 g/mol. The minimum Gasteiger partial charge on any atom is -0.459 e. The molecular weight excluding hydrogens is 285 g/mol. The fourth-order valence-corrected chi connectivity index (χ4v) is 2.33. The SMILES string of the molecule is CC1=CN(Cc2ccc(-c3ccccc3F)o2)C(=O)CC1=O. The Morgan fingerprint density at radius 3 is 2.73 bits per heavy atom. The van der Waals surface area contributed by atoms with Crippen LogP contribution in [-0.2, 0) is 16.1 Å². The van der Waals surface area contributed by atoms with E-state index in [9.17, 15) is 14.0 Å². The number of carbonyl (C=O) groups is 2. The van der Waals surface area contributed by atoms with Crippen LogP contribution in [0.25, 0.3) is 11.3 Å². The summed E-state index contributed by atoms with van der Waals surface area (Å²) < 4.78 is 19.3. The average Bonchev–Trinajstić information content (AvgIpc) is 2.93. The Bertz CT molecular complexity index is 776. The smallest absolute Gasteiger partial charge is 0.234 e. The first-order valence-electron chi connectivity index (χ1n) is 6.89. The lowest BCUT2D eigenvalue weighted by atomic mass is 10.1. The van der Waals surface area contributed by atoms with Crippen LogP contribution in [-0.4, -0.2) is 16.6 Å². The molecule has 0 atom stereocenters. The summed E-state index contributed by atoms with van der Waals surface area (Å²) in [4.78, 5) is 24.7. The topological polar surface area (TPSA) is 50.5 Å². The van der Waals surface area contributed by atoms with Crippen molar-refractivity contribution in [3.63, 3.8) is 0 Å². The van der Waals surface area contributed by atoms with Gasteiger partial charge in [0.25, 0.3) is 0 Å². The number of carbonyl (C=O) groups excluding carboxylic acids is 2. The van der Waals surface area contributed by atoms with Gasteiger partial charge in [-0.2, -0.15) is 0 Å². The van der Waals surface area contributed by atoms with E-state index >= 15 is 0 Å². The number of amides is 1. The summed E-state index contributed by atoms with van der Waals surface area (Å²) in [6.45, 7) is 1.90. The molecule has 3 rings (SSSR count). The summed E-state index contributed by atoms with van der Waals surface area (Å²) in [5.74, 6) is 0.158.